The molecule has 0 aromatic heterocycles. The van der Waals surface area contributed by atoms with E-state index in [1.165, 1.54) is 5.56 Å². The maximum Gasteiger partial charge on any atom is 0.170 e. The second kappa shape index (κ2) is 6.37. The number of nitrogens with one attached hydrogen (secondary N) is 2. The van der Waals surface area contributed by atoms with Gasteiger partial charge in [0.05, 0.1) is 6.61 Å². The summed E-state index contributed by atoms with van der Waals surface area (Å²) in [6.07, 6.45) is 1.01. The Morgan fingerprint density at radius 2 is 2.27 bits per heavy atom. The molecule has 0 atom stereocenters. The van der Waals surface area contributed by atoms with Gasteiger partial charge >= 0.3 is 0 Å². The third-order valence-electron chi connectivity index (χ3n) is 1.99. The molecule has 1 rings (SSSR count). The largest absolute Gasteiger partial charge is 0.395 e. The highest BCUT2D eigenvalue weighted by atomic mass is 32.1. The summed E-state index contributed by atoms with van der Waals surface area (Å²) in [6.45, 7) is 2.66. The fourth-order valence-corrected chi connectivity index (χ4v) is 1.43. The first-order valence-electron chi connectivity index (χ1n) is 5.01. The predicted octanol–water partition coefficient (Wildman–Crippen LogP) is 1.53. The molecule has 4 heteroatoms. The summed E-state index contributed by atoms with van der Waals surface area (Å²) in [7, 11) is 0. The fraction of sp³-hybridized carbons (Fsp3) is 0.364. The lowest BCUT2D eigenvalue weighted by molar-refractivity contribution is 0.301. The van der Waals surface area contributed by atoms with Crippen LogP contribution in [0.2, 0.25) is 0 Å². The molecular formula is C11H16N2OS. The van der Waals surface area contributed by atoms with Gasteiger partial charge in [-0.05, 0) is 36.3 Å². The fourth-order valence-electron chi connectivity index (χ4n) is 1.21. The smallest absolute Gasteiger partial charge is 0.170 e. The van der Waals surface area contributed by atoms with Gasteiger partial charge in [0.2, 0.25) is 0 Å². The maximum atomic E-state index is 8.61. The molecule has 0 saturated heterocycles. The number of rotatable bonds is 4. The lowest BCUT2D eigenvalue weighted by Crippen LogP contribution is -2.30. The minimum absolute atomic E-state index is 0.0802. The van der Waals surface area contributed by atoms with Gasteiger partial charge < -0.3 is 15.7 Å². The van der Waals surface area contributed by atoms with Crippen molar-refractivity contribution in [1.29, 1.82) is 0 Å². The van der Waals surface area contributed by atoms with Gasteiger partial charge in [0, 0.05) is 12.2 Å². The Morgan fingerprint density at radius 1 is 1.47 bits per heavy atom. The summed E-state index contributed by atoms with van der Waals surface area (Å²) in [5, 5.41) is 15.1. The van der Waals surface area contributed by atoms with Crippen molar-refractivity contribution in [3.63, 3.8) is 0 Å². The molecule has 82 valence electrons. The summed E-state index contributed by atoms with van der Waals surface area (Å²) < 4.78 is 0. The van der Waals surface area contributed by atoms with Gasteiger partial charge in [-0.2, -0.15) is 0 Å². The van der Waals surface area contributed by atoms with Crippen molar-refractivity contribution in [2.75, 3.05) is 18.5 Å². The van der Waals surface area contributed by atoms with E-state index >= 15 is 0 Å². The monoisotopic (exact) mass is 224 g/mol. The lowest BCUT2D eigenvalue weighted by atomic mass is 10.1. The second-order valence-corrected chi connectivity index (χ2v) is 3.57. The van der Waals surface area contributed by atoms with Crippen LogP contribution >= 0.6 is 12.2 Å². The van der Waals surface area contributed by atoms with Crippen LogP contribution in [0.25, 0.3) is 0 Å². The van der Waals surface area contributed by atoms with Crippen LogP contribution < -0.4 is 10.6 Å². The van der Waals surface area contributed by atoms with E-state index in [4.69, 9.17) is 17.3 Å². The van der Waals surface area contributed by atoms with Crippen molar-refractivity contribution in [2.45, 2.75) is 13.3 Å². The Hall–Kier alpha value is -1.13. The average molecular weight is 224 g/mol. The van der Waals surface area contributed by atoms with E-state index in [2.05, 4.69) is 29.7 Å². The molecule has 0 fully saturated rings. The molecule has 0 aliphatic heterocycles. The number of anilines is 1. The summed E-state index contributed by atoms with van der Waals surface area (Å²) in [6, 6.07) is 8.10. The maximum absolute atomic E-state index is 8.61. The van der Waals surface area contributed by atoms with Crippen LogP contribution in [-0.2, 0) is 6.42 Å². The molecule has 0 bridgehead atoms. The topological polar surface area (TPSA) is 44.3 Å². The van der Waals surface area contributed by atoms with E-state index in [0.717, 1.165) is 12.1 Å². The third kappa shape index (κ3) is 4.27. The van der Waals surface area contributed by atoms with Crippen molar-refractivity contribution < 1.29 is 5.11 Å². The van der Waals surface area contributed by atoms with Crippen LogP contribution in [0.15, 0.2) is 24.3 Å². The van der Waals surface area contributed by atoms with Crippen molar-refractivity contribution in [3.05, 3.63) is 29.8 Å². The van der Waals surface area contributed by atoms with Crippen molar-refractivity contribution >= 4 is 23.0 Å². The van der Waals surface area contributed by atoms with Gasteiger partial charge in [-0.25, -0.2) is 0 Å². The number of hydrogen-bond donors (Lipinski definition) is 3. The van der Waals surface area contributed by atoms with E-state index in [1.54, 1.807) is 0 Å². The summed E-state index contributed by atoms with van der Waals surface area (Å²) in [4.78, 5) is 0. The highest BCUT2D eigenvalue weighted by Crippen LogP contribution is 2.10. The van der Waals surface area contributed by atoms with Gasteiger partial charge in [-0.3, -0.25) is 0 Å². The molecule has 1 aromatic rings. The zero-order chi connectivity index (χ0) is 11.1. The van der Waals surface area contributed by atoms with Gasteiger partial charge in [0.1, 0.15) is 0 Å². The van der Waals surface area contributed by atoms with Gasteiger partial charge in [-0.15, -0.1) is 0 Å². The summed E-state index contributed by atoms with van der Waals surface area (Å²) in [5.74, 6) is 0. The van der Waals surface area contributed by atoms with Crippen LogP contribution in [0.3, 0.4) is 0 Å². The number of hydrogen-bond acceptors (Lipinski definition) is 2. The number of aliphatic hydroxyl groups is 1. The van der Waals surface area contributed by atoms with E-state index in [0.29, 0.717) is 11.7 Å². The minimum Gasteiger partial charge on any atom is -0.395 e. The Morgan fingerprint density at radius 3 is 2.93 bits per heavy atom. The van der Waals surface area contributed by atoms with E-state index in [-0.39, 0.29) is 6.61 Å². The second-order valence-electron chi connectivity index (χ2n) is 3.16. The third-order valence-corrected chi connectivity index (χ3v) is 2.24. The van der Waals surface area contributed by atoms with Crippen LogP contribution in [-0.4, -0.2) is 23.4 Å². The number of benzene rings is 1. The Kier molecular flexibility index (Phi) is 5.07. The number of aliphatic hydroxyl groups excluding tert-OH is 1. The number of aryl methyl sites for hydroxylation is 1. The SMILES string of the molecule is CCc1cccc(NC(=S)NCCO)c1. The molecule has 0 spiro atoms. The lowest BCUT2D eigenvalue weighted by Gasteiger charge is -2.10. The summed E-state index contributed by atoms with van der Waals surface area (Å²) in [5.41, 5.74) is 2.25. The minimum atomic E-state index is 0.0802. The first-order chi connectivity index (χ1) is 7.26. The van der Waals surface area contributed by atoms with Gasteiger partial charge in [-0.1, -0.05) is 19.1 Å². The molecule has 3 N–H and O–H groups in total. The van der Waals surface area contributed by atoms with Crippen molar-refractivity contribution in [3.8, 4) is 0 Å². The standard InChI is InChI=1S/C11H16N2OS/c1-2-9-4-3-5-10(8-9)13-11(15)12-6-7-14/h3-5,8,14H,2,6-7H2,1H3,(H2,12,13,15). The summed E-state index contributed by atoms with van der Waals surface area (Å²) >= 11 is 5.05. The molecule has 0 aliphatic rings. The molecule has 15 heavy (non-hydrogen) atoms. The molecule has 0 amide bonds. The molecule has 0 aliphatic carbocycles. The van der Waals surface area contributed by atoms with Crippen LogP contribution in [0.4, 0.5) is 5.69 Å². The van der Waals surface area contributed by atoms with Crippen LogP contribution in [0.5, 0.6) is 0 Å². The molecule has 3 nitrogen and oxygen atoms in total. The molecular weight excluding hydrogens is 208 g/mol. The van der Waals surface area contributed by atoms with E-state index in [1.807, 2.05) is 12.1 Å². The Labute approximate surface area is 95.5 Å². The molecule has 1 aromatic carbocycles. The average Bonchev–Trinajstić information content (AvgIpc) is 2.26. The molecule has 0 saturated carbocycles. The number of thiocarbonyl (C=S) groups is 1. The predicted molar refractivity (Wildman–Crippen MR) is 67.1 cm³/mol. The Bertz CT molecular complexity index is 328. The van der Waals surface area contributed by atoms with Crippen LogP contribution in [0, 0.1) is 0 Å². The van der Waals surface area contributed by atoms with Crippen molar-refractivity contribution in [1.82, 2.24) is 5.32 Å². The zero-order valence-electron chi connectivity index (χ0n) is 8.79. The van der Waals surface area contributed by atoms with Gasteiger partial charge in [0.25, 0.3) is 0 Å². The van der Waals surface area contributed by atoms with Crippen LogP contribution in [0.1, 0.15) is 12.5 Å². The van der Waals surface area contributed by atoms with Gasteiger partial charge in [0.15, 0.2) is 5.11 Å². The highest BCUT2D eigenvalue weighted by Gasteiger charge is 1.97. The van der Waals surface area contributed by atoms with E-state index < -0.39 is 0 Å². The first-order valence-corrected chi connectivity index (χ1v) is 5.41. The Balaban J connectivity index is 2.52. The first kappa shape index (κ1) is 11.9. The molecule has 0 radical (unpaired) electrons. The van der Waals surface area contributed by atoms with E-state index in [9.17, 15) is 0 Å². The highest BCUT2D eigenvalue weighted by molar-refractivity contribution is 7.80. The zero-order valence-corrected chi connectivity index (χ0v) is 9.60. The van der Waals surface area contributed by atoms with Crippen molar-refractivity contribution in [2.24, 2.45) is 0 Å². The molecule has 0 heterocycles. The quantitative estimate of drug-likeness (QED) is 0.679. The normalized spacial score (nSPS) is 9.73. The molecule has 0 unspecified atom stereocenters.